The number of para-hydroxylation sites is 1. The molecule has 2 aromatic rings. The first-order chi connectivity index (χ1) is 10.2. The van der Waals surface area contributed by atoms with Crippen molar-refractivity contribution in [2.24, 2.45) is 0 Å². The van der Waals surface area contributed by atoms with Gasteiger partial charge in [-0.1, -0.05) is 12.1 Å². The van der Waals surface area contributed by atoms with Gasteiger partial charge in [-0.15, -0.1) is 0 Å². The van der Waals surface area contributed by atoms with Crippen molar-refractivity contribution in [2.75, 3.05) is 18.9 Å². The quantitative estimate of drug-likeness (QED) is 0.709. The van der Waals surface area contributed by atoms with E-state index in [1.54, 1.807) is 12.3 Å². The third-order valence-electron chi connectivity index (χ3n) is 2.80. The molecule has 0 saturated heterocycles. The topological polar surface area (TPSA) is 97.5 Å². The maximum atomic E-state index is 10.3. The van der Waals surface area contributed by atoms with Crippen molar-refractivity contribution in [1.29, 1.82) is 0 Å². The lowest BCUT2D eigenvalue weighted by atomic mass is 10.1. The van der Waals surface area contributed by atoms with Gasteiger partial charge in [-0.2, -0.15) is 0 Å². The van der Waals surface area contributed by atoms with Crippen molar-refractivity contribution >= 4 is 11.8 Å². The third-order valence-corrected chi connectivity index (χ3v) is 2.80. The van der Waals surface area contributed by atoms with E-state index in [9.17, 15) is 4.79 Å². The number of pyridine rings is 1. The minimum atomic E-state index is -1.03. The van der Waals surface area contributed by atoms with E-state index in [0.29, 0.717) is 31.0 Å². The summed E-state index contributed by atoms with van der Waals surface area (Å²) in [6.07, 6.45) is 1.17. The molecule has 0 saturated carbocycles. The molecule has 110 valence electrons. The fourth-order valence-electron chi connectivity index (χ4n) is 1.82. The lowest BCUT2D eigenvalue weighted by Gasteiger charge is -2.11. The lowest BCUT2D eigenvalue weighted by molar-refractivity contribution is 0.193. The molecule has 0 radical (unpaired) electrons. The second-order valence-electron chi connectivity index (χ2n) is 4.41. The average molecular weight is 287 g/mol. The predicted octanol–water partition coefficient (Wildman–Crippen LogP) is 2.37. The van der Waals surface area contributed by atoms with Crippen LogP contribution in [-0.4, -0.2) is 29.3 Å². The van der Waals surface area contributed by atoms with E-state index in [1.165, 1.54) is 0 Å². The van der Waals surface area contributed by atoms with Gasteiger partial charge in [0.05, 0.1) is 24.2 Å². The van der Waals surface area contributed by atoms with E-state index in [-0.39, 0.29) is 0 Å². The standard InChI is InChI=1S/C15H17N3O3/c16-11-6-7-13(18-10-11)12-4-1-2-5-14(12)21-9-3-8-17-15(19)20/h1-2,4-7,10,17H,3,8-9,16H2,(H,19,20). The highest BCUT2D eigenvalue weighted by Crippen LogP contribution is 2.28. The van der Waals surface area contributed by atoms with Gasteiger partial charge in [-0.05, 0) is 30.7 Å². The first-order valence-electron chi connectivity index (χ1n) is 6.57. The number of carboxylic acid groups (broad SMARTS) is 1. The number of nitrogens with one attached hydrogen (secondary N) is 1. The van der Waals surface area contributed by atoms with Gasteiger partial charge in [0.15, 0.2) is 0 Å². The first-order valence-corrected chi connectivity index (χ1v) is 6.57. The number of rotatable bonds is 6. The van der Waals surface area contributed by atoms with Crippen LogP contribution in [-0.2, 0) is 0 Å². The number of aromatic nitrogens is 1. The van der Waals surface area contributed by atoms with Crippen LogP contribution in [0.3, 0.4) is 0 Å². The Hall–Kier alpha value is -2.76. The van der Waals surface area contributed by atoms with E-state index in [4.69, 9.17) is 15.6 Å². The van der Waals surface area contributed by atoms with Gasteiger partial charge in [0.1, 0.15) is 5.75 Å². The normalized spacial score (nSPS) is 10.1. The Bertz CT molecular complexity index is 599. The second kappa shape index (κ2) is 7.14. The van der Waals surface area contributed by atoms with Gasteiger partial charge in [0.25, 0.3) is 0 Å². The van der Waals surface area contributed by atoms with E-state index >= 15 is 0 Å². The molecule has 6 heteroatoms. The zero-order valence-electron chi connectivity index (χ0n) is 11.5. The Morgan fingerprint density at radius 2 is 2.10 bits per heavy atom. The number of carbonyl (C=O) groups is 1. The number of ether oxygens (including phenoxy) is 1. The number of amides is 1. The van der Waals surface area contributed by atoms with Crippen molar-refractivity contribution < 1.29 is 14.6 Å². The van der Waals surface area contributed by atoms with Crippen LogP contribution in [0.2, 0.25) is 0 Å². The van der Waals surface area contributed by atoms with Gasteiger partial charge in [0, 0.05) is 12.1 Å². The van der Waals surface area contributed by atoms with Crippen LogP contribution in [0.1, 0.15) is 6.42 Å². The number of nitrogen functional groups attached to an aromatic ring is 1. The summed E-state index contributed by atoms with van der Waals surface area (Å²) in [4.78, 5) is 14.6. The van der Waals surface area contributed by atoms with Crippen molar-refractivity contribution in [3.63, 3.8) is 0 Å². The summed E-state index contributed by atoms with van der Waals surface area (Å²) in [5.74, 6) is 0.713. The summed E-state index contributed by atoms with van der Waals surface area (Å²) in [6.45, 7) is 0.782. The number of anilines is 1. The molecule has 0 aliphatic heterocycles. The molecule has 0 spiro atoms. The van der Waals surface area contributed by atoms with Crippen molar-refractivity contribution in [3.8, 4) is 17.0 Å². The summed E-state index contributed by atoms with van der Waals surface area (Å²) in [5, 5.41) is 10.8. The first kappa shape index (κ1) is 14.6. The Morgan fingerprint density at radius 3 is 2.81 bits per heavy atom. The maximum Gasteiger partial charge on any atom is 0.404 e. The van der Waals surface area contributed by atoms with Crippen LogP contribution in [0.15, 0.2) is 42.6 Å². The Morgan fingerprint density at radius 1 is 1.29 bits per heavy atom. The summed E-state index contributed by atoms with van der Waals surface area (Å²) < 4.78 is 5.70. The van der Waals surface area contributed by atoms with Gasteiger partial charge >= 0.3 is 6.09 Å². The van der Waals surface area contributed by atoms with Crippen LogP contribution >= 0.6 is 0 Å². The average Bonchev–Trinajstić information content (AvgIpc) is 2.48. The Labute approximate surface area is 122 Å². The van der Waals surface area contributed by atoms with Gasteiger partial charge in [-0.25, -0.2) is 4.79 Å². The minimum Gasteiger partial charge on any atom is -0.493 e. The smallest absolute Gasteiger partial charge is 0.404 e. The number of hydrogen-bond donors (Lipinski definition) is 3. The highest BCUT2D eigenvalue weighted by atomic mass is 16.5. The zero-order valence-corrected chi connectivity index (χ0v) is 11.5. The molecule has 1 aromatic carbocycles. The van der Waals surface area contributed by atoms with E-state index in [2.05, 4.69) is 10.3 Å². The molecule has 1 heterocycles. The Balaban J connectivity index is 2.00. The van der Waals surface area contributed by atoms with Gasteiger partial charge in [-0.3, -0.25) is 4.98 Å². The number of nitrogens with zero attached hydrogens (tertiary/aromatic N) is 1. The molecular formula is C15H17N3O3. The Kier molecular flexibility index (Phi) is 4.98. The van der Waals surface area contributed by atoms with E-state index in [1.807, 2.05) is 30.3 Å². The van der Waals surface area contributed by atoms with Gasteiger partial charge < -0.3 is 20.9 Å². The summed E-state index contributed by atoms with van der Waals surface area (Å²) in [7, 11) is 0. The molecule has 2 rings (SSSR count). The molecule has 6 nitrogen and oxygen atoms in total. The monoisotopic (exact) mass is 287 g/mol. The maximum absolute atomic E-state index is 10.3. The summed E-state index contributed by atoms with van der Waals surface area (Å²) in [6, 6.07) is 11.2. The van der Waals surface area contributed by atoms with E-state index in [0.717, 1.165) is 11.3 Å². The van der Waals surface area contributed by atoms with Crippen LogP contribution in [0, 0.1) is 0 Å². The molecule has 0 unspecified atom stereocenters. The lowest BCUT2D eigenvalue weighted by Crippen LogP contribution is -2.23. The fraction of sp³-hybridized carbons (Fsp3) is 0.200. The highest BCUT2D eigenvalue weighted by molar-refractivity contribution is 5.67. The molecule has 0 fully saturated rings. The molecular weight excluding hydrogens is 270 g/mol. The molecule has 1 amide bonds. The molecule has 0 bridgehead atoms. The largest absolute Gasteiger partial charge is 0.493 e. The number of nitrogens with two attached hydrogens (primary N) is 1. The van der Waals surface area contributed by atoms with Crippen LogP contribution in [0.4, 0.5) is 10.5 Å². The molecule has 21 heavy (non-hydrogen) atoms. The van der Waals surface area contributed by atoms with E-state index < -0.39 is 6.09 Å². The SMILES string of the molecule is Nc1ccc(-c2ccccc2OCCCNC(=O)O)nc1. The minimum absolute atomic E-state index is 0.359. The number of benzene rings is 1. The number of hydrogen-bond acceptors (Lipinski definition) is 4. The fourth-order valence-corrected chi connectivity index (χ4v) is 1.82. The summed E-state index contributed by atoms with van der Waals surface area (Å²) >= 11 is 0. The van der Waals surface area contributed by atoms with Crippen LogP contribution in [0.5, 0.6) is 5.75 Å². The molecule has 1 aromatic heterocycles. The molecule has 0 aliphatic rings. The highest BCUT2D eigenvalue weighted by Gasteiger charge is 2.06. The van der Waals surface area contributed by atoms with Gasteiger partial charge in [0.2, 0.25) is 0 Å². The van der Waals surface area contributed by atoms with Crippen LogP contribution < -0.4 is 15.8 Å². The molecule has 4 N–H and O–H groups in total. The summed E-state index contributed by atoms with van der Waals surface area (Å²) in [5.41, 5.74) is 7.90. The van der Waals surface area contributed by atoms with Crippen molar-refractivity contribution in [3.05, 3.63) is 42.6 Å². The van der Waals surface area contributed by atoms with Crippen molar-refractivity contribution in [1.82, 2.24) is 10.3 Å². The zero-order chi connectivity index (χ0) is 15.1. The third kappa shape index (κ3) is 4.38. The molecule has 0 atom stereocenters. The predicted molar refractivity (Wildman–Crippen MR) is 80.2 cm³/mol. The van der Waals surface area contributed by atoms with Crippen LogP contribution in [0.25, 0.3) is 11.3 Å². The van der Waals surface area contributed by atoms with Crippen molar-refractivity contribution in [2.45, 2.75) is 6.42 Å². The second-order valence-corrected chi connectivity index (χ2v) is 4.41. The molecule has 0 aliphatic carbocycles.